The molecule has 0 rings (SSSR count). The van der Waals surface area contributed by atoms with Crippen LogP contribution < -0.4 is 0 Å². The fraction of sp³-hybridized carbons (Fsp3) is 1.00. The Morgan fingerprint density at radius 2 is 0.209 bits per heavy atom. The molecule has 0 heterocycles. The highest BCUT2D eigenvalue weighted by Gasteiger charge is 2.26. The molecule has 0 aliphatic carbocycles. The molecule has 1 heteroatoms. The fourth-order valence-electron chi connectivity index (χ4n) is 11.6. The van der Waals surface area contributed by atoms with Crippen LogP contribution in [0.2, 0.25) is 0 Å². The smallest absolute Gasteiger partial charge is 0.0786 e. The van der Waals surface area contributed by atoms with Crippen LogP contribution in [0.5, 0.6) is 0 Å². The zero-order chi connectivity index (χ0) is 48.3. The van der Waals surface area contributed by atoms with Gasteiger partial charge >= 0.3 is 0 Å². The van der Waals surface area contributed by atoms with Gasteiger partial charge in [-0.1, -0.05) is 349 Å². The van der Waals surface area contributed by atoms with E-state index in [0.717, 1.165) is 0 Å². The second-order valence-corrected chi connectivity index (χ2v) is 23.3. The van der Waals surface area contributed by atoms with E-state index in [0.29, 0.717) is 0 Å². The lowest BCUT2D eigenvalue weighted by Crippen LogP contribution is -2.50. The molecule has 0 fully saturated rings. The molecule has 0 saturated carbocycles. The average molecular weight is 944 g/mol. The van der Waals surface area contributed by atoms with Gasteiger partial charge < -0.3 is 4.48 Å². The summed E-state index contributed by atoms with van der Waals surface area (Å²) in [5.74, 6) is 0. The van der Waals surface area contributed by atoms with Gasteiger partial charge in [0.2, 0.25) is 0 Å². The minimum absolute atomic E-state index is 1.37. The van der Waals surface area contributed by atoms with E-state index in [4.69, 9.17) is 0 Å². The largest absolute Gasteiger partial charge is 0.324 e. The highest BCUT2D eigenvalue weighted by Crippen LogP contribution is 2.23. The summed E-state index contributed by atoms with van der Waals surface area (Å²) in [6, 6.07) is 0. The summed E-state index contributed by atoms with van der Waals surface area (Å²) < 4.78 is 1.49. The van der Waals surface area contributed by atoms with Gasteiger partial charge in [-0.25, -0.2) is 0 Å². The third-order valence-corrected chi connectivity index (χ3v) is 16.4. The van der Waals surface area contributed by atoms with Crippen LogP contribution in [0.4, 0.5) is 0 Å². The van der Waals surface area contributed by atoms with E-state index in [-0.39, 0.29) is 0 Å². The Balaban J connectivity index is 4.73. The molecule has 0 atom stereocenters. The normalized spacial score (nSPS) is 12.0. The fourth-order valence-corrected chi connectivity index (χ4v) is 11.6. The highest BCUT2D eigenvalue weighted by molar-refractivity contribution is 4.58. The van der Waals surface area contributed by atoms with E-state index in [1.165, 1.54) is 403 Å². The molecule has 0 amide bonds. The molecule has 0 saturated heterocycles. The van der Waals surface area contributed by atoms with E-state index in [9.17, 15) is 0 Å². The van der Waals surface area contributed by atoms with Crippen LogP contribution in [-0.4, -0.2) is 30.7 Å². The summed E-state index contributed by atoms with van der Waals surface area (Å²) in [5.41, 5.74) is 0. The van der Waals surface area contributed by atoms with Crippen LogP contribution in [0.1, 0.15) is 400 Å². The quantitative estimate of drug-likeness (QED) is 0.0421. The van der Waals surface area contributed by atoms with Gasteiger partial charge in [0.25, 0.3) is 0 Å². The van der Waals surface area contributed by atoms with Crippen LogP contribution >= 0.6 is 0 Å². The van der Waals surface area contributed by atoms with Crippen LogP contribution in [0.15, 0.2) is 0 Å². The third-order valence-electron chi connectivity index (χ3n) is 16.4. The molecule has 0 N–H and O–H groups in total. The average Bonchev–Trinajstić information content (AvgIpc) is 3.34. The summed E-state index contributed by atoms with van der Waals surface area (Å²) in [4.78, 5) is 0. The van der Waals surface area contributed by atoms with Crippen molar-refractivity contribution in [3.8, 4) is 0 Å². The Bertz CT molecular complexity index is 740. The second-order valence-electron chi connectivity index (χ2n) is 23.3. The molecule has 0 aliphatic heterocycles. The summed E-state index contributed by atoms with van der Waals surface area (Å²) in [7, 11) is 0. The van der Waals surface area contributed by atoms with Gasteiger partial charge in [0.05, 0.1) is 26.2 Å². The minimum Gasteiger partial charge on any atom is -0.324 e. The number of quaternary nitrogens is 1. The van der Waals surface area contributed by atoms with Crippen LogP contribution in [0.3, 0.4) is 0 Å². The number of hydrogen-bond donors (Lipinski definition) is 0. The lowest BCUT2D eigenvalue weighted by Gasteiger charge is -2.40. The zero-order valence-corrected chi connectivity index (χ0v) is 48.3. The maximum Gasteiger partial charge on any atom is 0.0786 e. The molecule has 0 aromatic heterocycles. The van der Waals surface area contributed by atoms with Gasteiger partial charge in [-0.3, -0.25) is 0 Å². The Morgan fingerprint density at radius 3 is 0.313 bits per heavy atom. The molecular weight excluding hydrogens is 807 g/mol. The number of unbranched alkanes of at least 4 members (excludes halogenated alkanes) is 54. The Labute approximate surface area is 428 Å². The third kappa shape index (κ3) is 55.1. The van der Waals surface area contributed by atoms with Crippen LogP contribution in [0.25, 0.3) is 0 Å². The molecule has 404 valence electrons. The van der Waals surface area contributed by atoms with Crippen LogP contribution in [0, 0.1) is 0 Å². The first-order valence-electron chi connectivity index (χ1n) is 33.1. The lowest BCUT2D eigenvalue weighted by molar-refractivity contribution is -0.929. The van der Waals surface area contributed by atoms with Gasteiger partial charge in [0.15, 0.2) is 0 Å². The van der Waals surface area contributed by atoms with Crippen LogP contribution in [-0.2, 0) is 0 Å². The molecule has 0 bridgehead atoms. The number of rotatable bonds is 62. The van der Waals surface area contributed by atoms with Crippen molar-refractivity contribution >= 4 is 0 Å². The first-order chi connectivity index (χ1) is 33.2. The van der Waals surface area contributed by atoms with E-state index < -0.39 is 0 Å². The first kappa shape index (κ1) is 67.0. The maximum absolute atomic E-state index is 2.37. The predicted octanol–water partition coefficient (Wildman–Crippen LogP) is 24.5. The molecule has 0 spiro atoms. The summed E-state index contributed by atoms with van der Waals surface area (Å²) >= 11 is 0. The standard InChI is InChI=1S/C66H136N/c1-5-9-13-17-21-24-27-30-33-36-39-42-45-48-52-56-60-64-67(63-59-55-51-20-16-12-8-4,65-61-57-53-49-46-43-40-37-34-31-28-25-22-18-14-10-6-2)66-62-58-54-50-47-44-41-38-35-32-29-26-23-19-15-11-7-3/h5-66H2,1-4H3/q+1. The topological polar surface area (TPSA) is 0 Å². The molecule has 67 heavy (non-hydrogen) atoms. The lowest BCUT2D eigenvalue weighted by atomic mass is 10.0. The Morgan fingerprint density at radius 1 is 0.119 bits per heavy atom. The maximum atomic E-state index is 2.37. The number of nitrogens with zero attached hydrogens (tertiary/aromatic N) is 1. The van der Waals surface area contributed by atoms with Gasteiger partial charge in [0, 0.05) is 0 Å². The monoisotopic (exact) mass is 943 g/mol. The van der Waals surface area contributed by atoms with Crippen molar-refractivity contribution in [1.29, 1.82) is 0 Å². The van der Waals surface area contributed by atoms with Crippen molar-refractivity contribution in [3.05, 3.63) is 0 Å². The van der Waals surface area contributed by atoms with Crippen molar-refractivity contribution in [2.24, 2.45) is 0 Å². The minimum atomic E-state index is 1.37. The molecule has 1 nitrogen and oxygen atoms in total. The van der Waals surface area contributed by atoms with E-state index in [2.05, 4.69) is 27.7 Å². The Hall–Kier alpha value is -0.0400. The summed E-state index contributed by atoms with van der Waals surface area (Å²) in [6.07, 6.45) is 85.7. The van der Waals surface area contributed by atoms with Crippen molar-refractivity contribution in [2.45, 2.75) is 400 Å². The van der Waals surface area contributed by atoms with Crippen molar-refractivity contribution < 1.29 is 4.48 Å². The van der Waals surface area contributed by atoms with Gasteiger partial charge in [-0.15, -0.1) is 0 Å². The SMILES string of the molecule is CCCCCCCCCCCCCCCCCCC[N+](CCCCCCCCC)(CCCCCCCCCCCCCCCCCCC)CCCCCCCCCCCCCCCCCCC. The predicted molar refractivity (Wildman–Crippen MR) is 310 cm³/mol. The van der Waals surface area contributed by atoms with Gasteiger partial charge in [-0.2, -0.15) is 0 Å². The van der Waals surface area contributed by atoms with E-state index >= 15 is 0 Å². The highest BCUT2D eigenvalue weighted by atomic mass is 15.3. The summed E-state index contributed by atoms with van der Waals surface area (Å²) in [5, 5.41) is 0. The van der Waals surface area contributed by atoms with Crippen molar-refractivity contribution in [1.82, 2.24) is 0 Å². The molecular formula is C66H136N+. The zero-order valence-electron chi connectivity index (χ0n) is 48.3. The van der Waals surface area contributed by atoms with Crippen molar-refractivity contribution in [3.63, 3.8) is 0 Å². The molecule has 0 radical (unpaired) electrons. The molecule has 0 aromatic carbocycles. The Kier molecular flexibility index (Phi) is 60.2. The van der Waals surface area contributed by atoms with Gasteiger partial charge in [0.1, 0.15) is 0 Å². The molecule has 0 unspecified atom stereocenters. The second kappa shape index (κ2) is 60.3. The summed E-state index contributed by atoms with van der Waals surface area (Å²) in [6.45, 7) is 15.3. The van der Waals surface area contributed by atoms with Crippen molar-refractivity contribution in [2.75, 3.05) is 26.2 Å². The van der Waals surface area contributed by atoms with E-state index in [1.54, 1.807) is 0 Å². The number of hydrogen-bond acceptors (Lipinski definition) is 0. The van der Waals surface area contributed by atoms with Gasteiger partial charge in [-0.05, 0) is 51.4 Å². The molecule has 0 aromatic rings. The van der Waals surface area contributed by atoms with E-state index in [1.807, 2.05) is 0 Å². The first-order valence-corrected chi connectivity index (χ1v) is 33.1. The molecule has 0 aliphatic rings.